The number of rotatable bonds is 4. The second-order valence-corrected chi connectivity index (χ2v) is 7.53. The molecule has 1 aromatic heterocycles. The van der Waals surface area contributed by atoms with Crippen molar-refractivity contribution in [1.82, 2.24) is 4.57 Å². The Labute approximate surface area is 166 Å². The van der Waals surface area contributed by atoms with E-state index in [2.05, 4.69) is 0 Å². The number of amides is 1. The molecule has 144 valence electrons. The number of hydrogen-bond acceptors (Lipinski definition) is 5. The third-order valence-electron chi connectivity index (χ3n) is 5.01. The van der Waals surface area contributed by atoms with Gasteiger partial charge in [0.05, 0.1) is 24.8 Å². The molecule has 2 aromatic carbocycles. The summed E-state index contributed by atoms with van der Waals surface area (Å²) in [6.07, 6.45) is 0.263. The van der Waals surface area contributed by atoms with E-state index in [1.807, 2.05) is 36.4 Å². The van der Waals surface area contributed by atoms with Crippen molar-refractivity contribution in [3.05, 3.63) is 68.6 Å². The molecule has 0 radical (unpaired) electrons. The number of carbonyl (C=O) groups excluding carboxylic acids is 1. The van der Waals surface area contributed by atoms with Crippen LogP contribution in [0.3, 0.4) is 0 Å². The maximum absolute atomic E-state index is 13.2. The van der Waals surface area contributed by atoms with E-state index >= 15 is 0 Å². The number of para-hydroxylation sites is 1. The van der Waals surface area contributed by atoms with Gasteiger partial charge in [-0.25, -0.2) is 0 Å². The average Bonchev–Trinajstić information content (AvgIpc) is 3.02. The van der Waals surface area contributed by atoms with E-state index in [1.54, 1.807) is 42.9 Å². The third kappa shape index (κ3) is 2.88. The Hall–Kier alpha value is -3.06. The quantitative estimate of drug-likeness (QED) is 0.675. The fourth-order valence-corrected chi connectivity index (χ4v) is 4.71. The van der Waals surface area contributed by atoms with Gasteiger partial charge in [-0.15, -0.1) is 0 Å². The van der Waals surface area contributed by atoms with Crippen LogP contribution in [0, 0.1) is 0 Å². The third-order valence-corrected chi connectivity index (χ3v) is 6.15. The molecule has 1 aliphatic rings. The zero-order valence-corrected chi connectivity index (χ0v) is 16.7. The number of thiazole rings is 1. The van der Waals surface area contributed by atoms with Gasteiger partial charge in [-0.1, -0.05) is 29.5 Å². The minimum atomic E-state index is -0.216. The van der Waals surface area contributed by atoms with Crippen LogP contribution >= 0.6 is 11.3 Å². The lowest BCUT2D eigenvalue weighted by atomic mass is 9.89. The smallest absolute Gasteiger partial charge is 0.308 e. The molecule has 0 fully saturated rings. The van der Waals surface area contributed by atoms with Crippen molar-refractivity contribution in [1.29, 1.82) is 0 Å². The van der Waals surface area contributed by atoms with Gasteiger partial charge in [-0.3, -0.25) is 19.1 Å². The highest BCUT2D eigenvalue weighted by atomic mass is 32.1. The molecule has 1 aliphatic heterocycles. The molecule has 0 saturated carbocycles. The van der Waals surface area contributed by atoms with Gasteiger partial charge in [0.15, 0.2) is 0 Å². The van der Waals surface area contributed by atoms with E-state index in [9.17, 15) is 9.59 Å². The summed E-state index contributed by atoms with van der Waals surface area (Å²) in [7, 11) is 4.91. The number of aromatic nitrogens is 1. The Bertz CT molecular complexity index is 1080. The molecule has 1 amide bonds. The number of fused-ring (bicyclic) bond motifs is 1. The molecule has 28 heavy (non-hydrogen) atoms. The normalized spacial score (nSPS) is 16.0. The molecule has 0 aliphatic carbocycles. The number of ether oxygens (including phenoxy) is 2. The Morgan fingerprint density at radius 2 is 1.71 bits per heavy atom. The maximum atomic E-state index is 13.2. The van der Waals surface area contributed by atoms with E-state index in [0.29, 0.717) is 23.0 Å². The summed E-state index contributed by atoms with van der Waals surface area (Å²) < 4.78 is 12.3. The summed E-state index contributed by atoms with van der Waals surface area (Å²) in [5, 5.41) is 0. The summed E-state index contributed by atoms with van der Waals surface area (Å²) in [5.74, 6) is 1.76. The van der Waals surface area contributed by atoms with Crippen molar-refractivity contribution >= 4 is 28.7 Å². The SMILES string of the molecule is COc1ccc(N2C(=O)C[C@@H](c3ccccc3OC)c3sc(=O)n(C)c32)cc1. The molecule has 1 atom stereocenters. The first-order valence-corrected chi connectivity index (χ1v) is 9.66. The van der Waals surface area contributed by atoms with E-state index in [-0.39, 0.29) is 23.1 Å². The fourth-order valence-electron chi connectivity index (χ4n) is 3.63. The van der Waals surface area contributed by atoms with E-state index < -0.39 is 0 Å². The van der Waals surface area contributed by atoms with Crippen molar-refractivity contribution in [3.63, 3.8) is 0 Å². The van der Waals surface area contributed by atoms with Gasteiger partial charge in [-0.2, -0.15) is 0 Å². The van der Waals surface area contributed by atoms with Gasteiger partial charge in [0.1, 0.15) is 17.3 Å². The highest BCUT2D eigenvalue weighted by Crippen LogP contribution is 2.46. The topological polar surface area (TPSA) is 60.8 Å². The van der Waals surface area contributed by atoms with Gasteiger partial charge in [0, 0.05) is 24.9 Å². The standard InChI is InChI=1S/C21H20N2O4S/c1-22-20-19(28-21(22)25)16(15-6-4-5-7-17(15)27-3)12-18(24)23(20)13-8-10-14(26-2)11-9-13/h4-11,16H,12H2,1-3H3/t16-/m0/s1. The monoisotopic (exact) mass is 396 g/mol. The predicted octanol–water partition coefficient (Wildman–Crippen LogP) is 3.66. The highest BCUT2D eigenvalue weighted by molar-refractivity contribution is 7.10. The van der Waals surface area contributed by atoms with Crippen molar-refractivity contribution in [3.8, 4) is 11.5 Å². The van der Waals surface area contributed by atoms with Crippen LogP contribution < -0.4 is 19.2 Å². The lowest BCUT2D eigenvalue weighted by Gasteiger charge is -2.32. The van der Waals surface area contributed by atoms with E-state index in [0.717, 1.165) is 10.4 Å². The van der Waals surface area contributed by atoms with Gasteiger partial charge in [0.25, 0.3) is 0 Å². The molecular formula is C21H20N2O4S. The Balaban J connectivity index is 1.88. The maximum Gasteiger partial charge on any atom is 0.308 e. The number of benzene rings is 2. The minimum Gasteiger partial charge on any atom is -0.497 e. The van der Waals surface area contributed by atoms with Crippen LogP contribution in [0.4, 0.5) is 11.5 Å². The van der Waals surface area contributed by atoms with Gasteiger partial charge >= 0.3 is 4.87 Å². The van der Waals surface area contributed by atoms with Gasteiger partial charge in [-0.05, 0) is 30.3 Å². The average molecular weight is 396 g/mol. The molecule has 4 rings (SSSR count). The molecule has 0 saturated heterocycles. The number of carbonyl (C=O) groups is 1. The molecular weight excluding hydrogens is 376 g/mol. The molecule has 0 bridgehead atoms. The fraction of sp³-hybridized carbons (Fsp3) is 0.238. The van der Waals surface area contributed by atoms with Crippen LogP contribution in [0.15, 0.2) is 53.3 Å². The molecule has 3 aromatic rings. The summed E-state index contributed by atoms with van der Waals surface area (Å²) in [4.78, 5) is 28.1. The van der Waals surface area contributed by atoms with Crippen LogP contribution in [-0.4, -0.2) is 24.7 Å². The van der Waals surface area contributed by atoms with Crippen LogP contribution in [0.25, 0.3) is 0 Å². The highest BCUT2D eigenvalue weighted by Gasteiger charge is 2.38. The number of anilines is 2. The van der Waals surface area contributed by atoms with Crippen LogP contribution in [0.5, 0.6) is 11.5 Å². The first-order chi connectivity index (χ1) is 13.5. The molecule has 0 N–H and O–H groups in total. The number of methoxy groups -OCH3 is 2. The minimum absolute atomic E-state index is 0.0676. The first kappa shape index (κ1) is 18.3. The lowest BCUT2D eigenvalue weighted by Crippen LogP contribution is -2.34. The molecule has 6 nitrogen and oxygen atoms in total. The summed E-state index contributed by atoms with van der Waals surface area (Å²) in [6.45, 7) is 0. The molecule has 0 unspecified atom stereocenters. The van der Waals surface area contributed by atoms with Crippen molar-refractivity contribution in [2.75, 3.05) is 19.1 Å². The molecule has 7 heteroatoms. The van der Waals surface area contributed by atoms with E-state index in [1.165, 1.54) is 11.3 Å². The van der Waals surface area contributed by atoms with Gasteiger partial charge < -0.3 is 9.47 Å². The van der Waals surface area contributed by atoms with Crippen molar-refractivity contribution in [2.24, 2.45) is 7.05 Å². The molecule has 2 heterocycles. The summed E-state index contributed by atoms with van der Waals surface area (Å²) >= 11 is 1.18. The second kappa shape index (κ2) is 7.16. The van der Waals surface area contributed by atoms with Crippen LogP contribution in [0.2, 0.25) is 0 Å². The zero-order chi connectivity index (χ0) is 19.8. The summed E-state index contributed by atoms with van der Waals surface area (Å²) in [6, 6.07) is 14.9. The Kier molecular flexibility index (Phi) is 4.68. The lowest BCUT2D eigenvalue weighted by molar-refractivity contribution is -0.118. The Morgan fingerprint density at radius 3 is 2.39 bits per heavy atom. The van der Waals surface area contributed by atoms with Crippen molar-refractivity contribution in [2.45, 2.75) is 12.3 Å². The van der Waals surface area contributed by atoms with E-state index in [4.69, 9.17) is 9.47 Å². The molecule has 0 spiro atoms. The largest absolute Gasteiger partial charge is 0.497 e. The summed E-state index contributed by atoms with van der Waals surface area (Å²) in [5.41, 5.74) is 1.62. The predicted molar refractivity (Wildman–Crippen MR) is 109 cm³/mol. The van der Waals surface area contributed by atoms with Gasteiger partial charge in [0.2, 0.25) is 5.91 Å². The first-order valence-electron chi connectivity index (χ1n) is 8.84. The number of hydrogen-bond donors (Lipinski definition) is 0. The Morgan fingerprint density at radius 1 is 1.00 bits per heavy atom. The van der Waals surface area contributed by atoms with Crippen LogP contribution in [0.1, 0.15) is 22.8 Å². The zero-order valence-electron chi connectivity index (χ0n) is 15.8. The number of nitrogens with zero attached hydrogens (tertiary/aromatic N) is 2. The van der Waals surface area contributed by atoms with Crippen LogP contribution in [-0.2, 0) is 11.8 Å². The van der Waals surface area contributed by atoms with Crippen molar-refractivity contribution < 1.29 is 14.3 Å². The second-order valence-electron chi connectivity index (χ2n) is 6.54.